The van der Waals surface area contributed by atoms with Gasteiger partial charge in [0.15, 0.2) is 5.78 Å². The molecule has 12 heteroatoms. The standard InChI is InChI=1S/C38H47N5O7/c1-38(2,3)50-37(49)43-30(22-26-15-9-5-10-16-26)32(44)24-28(21-25-13-7-4-8-14-25)35(47)41-29(19-20-33(39)45)36(48)42-31(34(40)46)23-27-17-11-6-12-18-27/h4-18,28-31H,19-24H2,1-3H3,(H2,39,45)(H2,40,46)(H,41,47)(H,42,48)(H,43,49)/t28-,29-,30-,31-/m0/s1. The highest BCUT2D eigenvalue weighted by Gasteiger charge is 2.32. The number of hydrogen-bond acceptors (Lipinski definition) is 7. The van der Waals surface area contributed by atoms with Gasteiger partial charge in [-0.25, -0.2) is 4.79 Å². The summed E-state index contributed by atoms with van der Waals surface area (Å²) < 4.78 is 5.42. The summed E-state index contributed by atoms with van der Waals surface area (Å²) in [7, 11) is 0. The second-order valence-corrected chi connectivity index (χ2v) is 13.2. The van der Waals surface area contributed by atoms with Crippen LogP contribution in [-0.2, 0) is 48.0 Å². The number of nitrogens with two attached hydrogens (primary N) is 2. The average molecular weight is 686 g/mol. The number of hydrogen-bond donors (Lipinski definition) is 5. The molecule has 4 atom stereocenters. The molecule has 7 N–H and O–H groups in total. The van der Waals surface area contributed by atoms with E-state index in [1.54, 1.807) is 57.2 Å². The molecule has 3 rings (SSSR count). The molecule has 0 aromatic heterocycles. The maximum absolute atomic E-state index is 14.0. The quantitative estimate of drug-likeness (QED) is 0.136. The Bertz CT molecular complexity index is 1590. The van der Waals surface area contributed by atoms with Crippen LogP contribution in [-0.4, -0.2) is 59.2 Å². The SMILES string of the molecule is CC(C)(C)OC(=O)N[C@@H](Cc1ccccc1)C(=O)C[C@H](Cc1ccccc1)C(=O)N[C@@H](CCC(N)=O)C(=O)N[C@@H](Cc1ccccc1)C(N)=O. The Morgan fingerprint density at radius 3 is 1.54 bits per heavy atom. The van der Waals surface area contributed by atoms with E-state index in [4.69, 9.17) is 16.2 Å². The summed E-state index contributed by atoms with van der Waals surface area (Å²) in [6.45, 7) is 5.12. The smallest absolute Gasteiger partial charge is 0.408 e. The zero-order chi connectivity index (χ0) is 36.7. The number of alkyl carbamates (subject to hydrolysis) is 1. The van der Waals surface area contributed by atoms with E-state index in [2.05, 4.69) is 16.0 Å². The Morgan fingerprint density at radius 1 is 0.620 bits per heavy atom. The van der Waals surface area contributed by atoms with Crippen molar-refractivity contribution in [3.63, 3.8) is 0 Å². The molecule has 3 aromatic carbocycles. The van der Waals surface area contributed by atoms with Crippen LogP contribution in [0.2, 0.25) is 0 Å². The van der Waals surface area contributed by atoms with Crippen LogP contribution in [0.25, 0.3) is 0 Å². The number of ether oxygens (including phenoxy) is 1. The van der Waals surface area contributed by atoms with Gasteiger partial charge in [0.1, 0.15) is 17.7 Å². The Morgan fingerprint density at radius 2 is 1.08 bits per heavy atom. The Kier molecular flexibility index (Phi) is 14.7. The van der Waals surface area contributed by atoms with Crippen LogP contribution in [0.4, 0.5) is 4.79 Å². The molecule has 3 aromatic rings. The first-order valence-corrected chi connectivity index (χ1v) is 16.5. The highest BCUT2D eigenvalue weighted by atomic mass is 16.6. The second-order valence-electron chi connectivity index (χ2n) is 13.2. The van der Waals surface area contributed by atoms with Gasteiger partial charge in [0.2, 0.25) is 23.6 Å². The number of carbonyl (C=O) groups is 6. The molecule has 0 aliphatic rings. The molecule has 0 bridgehead atoms. The van der Waals surface area contributed by atoms with E-state index in [1.165, 1.54) is 0 Å². The molecule has 0 aliphatic carbocycles. The third-order valence-corrected chi connectivity index (χ3v) is 7.76. The van der Waals surface area contributed by atoms with Gasteiger partial charge in [0.05, 0.1) is 6.04 Å². The minimum atomic E-state index is -1.28. The number of nitrogens with one attached hydrogen (secondary N) is 3. The van der Waals surface area contributed by atoms with Gasteiger partial charge < -0.3 is 32.2 Å². The van der Waals surface area contributed by atoms with Crippen LogP contribution >= 0.6 is 0 Å². The lowest BCUT2D eigenvalue weighted by Crippen LogP contribution is -2.55. The van der Waals surface area contributed by atoms with Crippen molar-refractivity contribution < 1.29 is 33.5 Å². The number of rotatable bonds is 18. The summed E-state index contributed by atoms with van der Waals surface area (Å²) in [5.41, 5.74) is 12.5. The van der Waals surface area contributed by atoms with Crippen LogP contribution < -0.4 is 27.4 Å². The van der Waals surface area contributed by atoms with Crippen molar-refractivity contribution in [2.45, 2.75) is 83.0 Å². The molecule has 5 amide bonds. The minimum absolute atomic E-state index is 0.108. The lowest BCUT2D eigenvalue weighted by Gasteiger charge is -2.26. The van der Waals surface area contributed by atoms with Gasteiger partial charge in [-0.05, 0) is 56.7 Å². The summed E-state index contributed by atoms with van der Waals surface area (Å²) in [5, 5.41) is 7.96. The zero-order valence-corrected chi connectivity index (χ0v) is 28.7. The zero-order valence-electron chi connectivity index (χ0n) is 28.7. The van der Waals surface area contributed by atoms with Gasteiger partial charge >= 0.3 is 6.09 Å². The summed E-state index contributed by atoms with van der Waals surface area (Å²) in [4.78, 5) is 78.3. The summed E-state index contributed by atoms with van der Waals surface area (Å²) >= 11 is 0. The fourth-order valence-electron chi connectivity index (χ4n) is 5.28. The number of amides is 5. The van der Waals surface area contributed by atoms with Crippen LogP contribution in [0.5, 0.6) is 0 Å². The predicted molar refractivity (Wildman–Crippen MR) is 188 cm³/mol. The molecule has 0 spiro atoms. The van der Waals surface area contributed by atoms with E-state index in [9.17, 15) is 28.8 Å². The van der Waals surface area contributed by atoms with Crippen LogP contribution in [0.1, 0.15) is 56.7 Å². The fraction of sp³-hybridized carbons (Fsp3) is 0.368. The number of carbonyl (C=O) groups excluding carboxylic acids is 6. The second kappa shape index (κ2) is 18.9. The largest absolute Gasteiger partial charge is 0.444 e. The van der Waals surface area contributed by atoms with E-state index in [1.807, 2.05) is 54.6 Å². The molecule has 0 saturated carbocycles. The molecular weight excluding hydrogens is 638 g/mol. The molecule has 266 valence electrons. The summed E-state index contributed by atoms with van der Waals surface area (Å²) in [5.74, 6) is -4.26. The van der Waals surface area contributed by atoms with Crippen molar-refractivity contribution in [2.24, 2.45) is 17.4 Å². The first-order valence-electron chi connectivity index (χ1n) is 16.5. The van der Waals surface area contributed by atoms with E-state index in [0.717, 1.165) is 16.7 Å². The molecule has 0 unspecified atom stereocenters. The molecule has 0 aliphatic heterocycles. The van der Waals surface area contributed by atoms with Gasteiger partial charge in [0, 0.05) is 25.2 Å². The molecule has 12 nitrogen and oxygen atoms in total. The highest BCUT2D eigenvalue weighted by molar-refractivity contribution is 5.95. The van der Waals surface area contributed by atoms with Crippen molar-refractivity contribution in [1.82, 2.24) is 16.0 Å². The van der Waals surface area contributed by atoms with Crippen molar-refractivity contribution in [3.8, 4) is 0 Å². The Hall–Kier alpha value is -5.52. The van der Waals surface area contributed by atoms with Crippen LogP contribution in [0, 0.1) is 5.92 Å². The van der Waals surface area contributed by atoms with Crippen LogP contribution in [0.3, 0.4) is 0 Å². The first kappa shape index (κ1) is 38.9. The minimum Gasteiger partial charge on any atom is -0.444 e. The van der Waals surface area contributed by atoms with E-state index >= 15 is 0 Å². The molecule has 0 saturated heterocycles. The van der Waals surface area contributed by atoms with Gasteiger partial charge in [0.25, 0.3) is 0 Å². The van der Waals surface area contributed by atoms with Crippen molar-refractivity contribution in [2.75, 3.05) is 0 Å². The monoisotopic (exact) mass is 685 g/mol. The van der Waals surface area contributed by atoms with Crippen molar-refractivity contribution in [3.05, 3.63) is 108 Å². The van der Waals surface area contributed by atoms with Crippen molar-refractivity contribution in [1.29, 1.82) is 0 Å². The van der Waals surface area contributed by atoms with Gasteiger partial charge in [-0.2, -0.15) is 0 Å². The average Bonchev–Trinajstić information content (AvgIpc) is 3.06. The van der Waals surface area contributed by atoms with Gasteiger partial charge in [-0.3, -0.25) is 24.0 Å². The van der Waals surface area contributed by atoms with Gasteiger partial charge in [-0.1, -0.05) is 91.0 Å². The summed E-state index contributed by atoms with van der Waals surface area (Å²) in [6, 6.07) is 23.7. The van der Waals surface area contributed by atoms with E-state index < -0.39 is 65.1 Å². The fourth-order valence-corrected chi connectivity index (χ4v) is 5.28. The topological polar surface area (TPSA) is 200 Å². The predicted octanol–water partition coefficient (Wildman–Crippen LogP) is 2.90. The Labute approximate surface area is 292 Å². The molecule has 0 heterocycles. The molecule has 0 radical (unpaired) electrons. The van der Waals surface area contributed by atoms with Gasteiger partial charge in [-0.15, -0.1) is 0 Å². The maximum atomic E-state index is 14.0. The van der Waals surface area contributed by atoms with Crippen LogP contribution in [0.15, 0.2) is 91.0 Å². The molecule has 50 heavy (non-hydrogen) atoms. The number of benzene rings is 3. The maximum Gasteiger partial charge on any atom is 0.408 e. The first-order chi connectivity index (χ1) is 23.7. The van der Waals surface area contributed by atoms with E-state index in [-0.39, 0.29) is 38.5 Å². The number of primary amides is 2. The number of ketones is 1. The lowest BCUT2D eigenvalue weighted by molar-refractivity contribution is -0.134. The number of Topliss-reactive ketones (excluding diaryl/α,β-unsaturated/α-hetero) is 1. The third-order valence-electron chi connectivity index (χ3n) is 7.76. The van der Waals surface area contributed by atoms with Crippen molar-refractivity contribution >= 4 is 35.5 Å². The highest BCUT2D eigenvalue weighted by Crippen LogP contribution is 2.18. The third kappa shape index (κ3) is 13.9. The Balaban J connectivity index is 1.87. The normalized spacial score (nSPS) is 13.5. The molecule has 0 fully saturated rings. The lowest BCUT2D eigenvalue weighted by atomic mass is 9.89. The van der Waals surface area contributed by atoms with E-state index in [0.29, 0.717) is 0 Å². The summed E-state index contributed by atoms with van der Waals surface area (Å²) in [6.07, 6.45) is -1.08. The molecular formula is C38H47N5O7.